The summed E-state index contributed by atoms with van der Waals surface area (Å²) in [6.07, 6.45) is 0.955. The molecular formula is C24H18Cl2N2O. The molecule has 4 aromatic rings. The molecule has 0 spiro atoms. The van der Waals surface area contributed by atoms with Gasteiger partial charge in [-0.3, -0.25) is 4.79 Å². The molecule has 0 saturated carbocycles. The molecule has 144 valence electrons. The van der Waals surface area contributed by atoms with Crippen LogP contribution in [0.5, 0.6) is 0 Å². The van der Waals surface area contributed by atoms with E-state index in [1.54, 1.807) is 18.2 Å². The third-order valence-electron chi connectivity index (χ3n) is 4.80. The largest absolute Gasteiger partial charge is 0.322 e. The van der Waals surface area contributed by atoms with Gasteiger partial charge in [-0.1, -0.05) is 66.5 Å². The average Bonchev–Trinajstić information content (AvgIpc) is 2.75. The third-order valence-corrected chi connectivity index (χ3v) is 5.54. The molecule has 0 atom stereocenters. The molecule has 0 radical (unpaired) electrons. The van der Waals surface area contributed by atoms with Crippen LogP contribution in [0.15, 0.2) is 72.8 Å². The maximum atomic E-state index is 13.1. The number of aromatic nitrogens is 1. The molecule has 1 aromatic heterocycles. The van der Waals surface area contributed by atoms with Crippen molar-refractivity contribution in [1.29, 1.82) is 0 Å². The van der Waals surface area contributed by atoms with Gasteiger partial charge in [-0.15, -0.1) is 0 Å². The normalized spacial score (nSPS) is 10.9. The first-order valence-corrected chi connectivity index (χ1v) is 10.1. The van der Waals surface area contributed by atoms with Gasteiger partial charge in [-0.25, -0.2) is 4.98 Å². The third kappa shape index (κ3) is 4.12. The molecule has 0 saturated heterocycles. The van der Waals surface area contributed by atoms with E-state index >= 15 is 0 Å². The fourth-order valence-corrected chi connectivity index (χ4v) is 3.49. The van der Waals surface area contributed by atoms with Crippen LogP contribution >= 0.6 is 23.2 Å². The lowest BCUT2D eigenvalue weighted by Crippen LogP contribution is -2.13. The molecule has 0 unspecified atom stereocenters. The topological polar surface area (TPSA) is 42.0 Å². The van der Waals surface area contributed by atoms with Crippen molar-refractivity contribution < 1.29 is 4.79 Å². The number of fused-ring (bicyclic) bond motifs is 1. The number of para-hydroxylation sites is 1. The summed E-state index contributed by atoms with van der Waals surface area (Å²) in [5.41, 5.74) is 4.72. The van der Waals surface area contributed by atoms with Gasteiger partial charge >= 0.3 is 0 Å². The molecule has 3 nitrogen and oxygen atoms in total. The smallest absolute Gasteiger partial charge is 0.256 e. The highest BCUT2D eigenvalue weighted by molar-refractivity contribution is 6.42. The van der Waals surface area contributed by atoms with E-state index in [9.17, 15) is 4.79 Å². The van der Waals surface area contributed by atoms with E-state index < -0.39 is 0 Å². The van der Waals surface area contributed by atoms with Gasteiger partial charge in [-0.05, 0) is 48.4 Å². The number of pyridine rings is 1. The van der Waals surface area contributed by atoms with Crippen molar-refractivity contribution in [1.82, 2.24) is 4.98 Å². The molecule has 29 heavy (non-hydrogen) atoms. The summed E-state index contributed by atoms with van der Waals surface area (Å²) in [5, 5.41) is 4.70. The number of benzene rings is 3. The Morgan fingerprint density at radius 2 is 1.69 bits per heavy atom. The molecule has 1 heterocycles. The number of nitrogens with one attached hydrogen (secondary N) is 1. The molecule has 0 fully saturated rings. The number of aryl methyl sites for hydroxylation is 1. The van der Waals surface area contributed by atoms with Crippen molar-refractivity contribution in [3.8, 4) is 11.3 Å². The van der Waals surface area contributed by atoms with Crippen molar-refractivity contribution in [2.24, 2.45) is 0 Å². The number of amides is 1. The van der Waals surface area contributed by atoms with Crippen LogP contribution in [0.2, 0.25) is 10.0 Å². The van der Waals surface area contributed by atoms with Gasteiger partial charge in [-0.2, -0.15) is 0 Å². The minimum atomic E-state index is -0.186. The SMILES string of the molecule is CCc1ccc(NC(=O)c2cc(-c3ccc(Cl)c(Cl)c3)nc3ccccc23)cc1. The van der Waals surface area contributed by atoms with Gasteiger partial charge in [0.15, 0.2) is 0 Å². The van der Waals surface area contributed by atoms with Crippen molar-refractivity contribution in [3.63, 3.8) is 0 Å². The number of hydrogen-bond donors (Lipinski definition) is 1. The summed E-state index contributed by atoms with van der Waals surface area (Å²) in [6.45, 7) is 2.10. The minimum absolute atomic E-state index is 0.186. The van der Waals surface area contributed by atoms with E-state index in [1.807, 2.05) is 54.6 Å². The highest BCUT2D eigenvalue weighted by Gasteiger charge is 2.15. The van der Waals surface area contributed by atoms with Crippen LogP contribution in [-0.2, 0) is 6.42 Å². The lowest BCUT2D eigenvalue weighted by atomic mass is 10.0. The molecule has 1 N–H and O–H groups in total. The second kappa shape index (κ2) is 8.24. The van der Waals surface area contributed by atoms with E-state index in [1.165, 1.54) is 5.56 Å². The Morgan fingerprint density at radius 3 is 2.41 bits per heavy atom. The Hall–Kier alpha value is -2.88. The van der Waals surface area contributed by atoms with Gasteiger partial charge < -0.3 is 5.32 Å². The zero-order chi connectivity index (χ0) is 20.4. The van der Waals surface area contributed by atoms with Gasteiger partial charge in [0, 0.05) is 16.6 Å². The van der Waals surface area contributed by atoms with Crippen LogP contribution in [0.4, 0.5) is 5.69 Å². The summed E-state index contributed by atoms with van der Waals surface area (Å²) in [6, 6.07) is 22.6. The van der Waals surface area contributed by atoms with Crippen molar-refractivity contribution in [2.45, 2.75) is 13.3 Å². The summed E-state index contributed by atoms with van der Waals surface area (Å²) in [7, 11) is 0. The lowest BCUT2D eigenvalue weighted by Gasteiger charge is -2.11. The van der Waals surface area contributed by atoms with E-state index in [0.717, 1.165) is 28.6 Å². The molecule has 0 bridgehead atoms. The monoisotopic (exact) mass is 420 g/mol. The first-order valence-electron chi connectivity index (χ1n) is 9.30. The van der Waals surface area contributed by atoms with Crippen LogP contribution in [0.25, 0.3) is 22.2 Å². The highest BCUT2D eigenvalue weighted by atomic mass is 35.5. The summed E-state index contributed by atoms with van der Waals surface area (Å²) >= 11 is 12.2. The van der Waals surface area contributed by atoms with Gasteiger partial charge in [0.2, 0.25) is 0 Å². The Labute approximate surface area is 179 Å². The van der Waals surface area contributed by atoms with E-state index in [4.69, 9.17) is 28.2 Å². The van der Waals surface area contributed by atoms with Crippen molar-refractivity contribution >= 4 is 45.7 Å². The average molecular weight is 421 g/mol. The van der Waals surface area contributed by atoms with Crippen molar-refractivity contribution in [2.75, 3.05) is 5.32 Å². The van der Waals surface area contributed by atoms with E-state index in [2.05, 4.69) is 12.2 Å². The number of hydrogen-bond acceptors (Lipinski definition) is 2. The Kier molecular flexibility index (Phi) is 5.52. The molecule has 3 aromatic carbocycles. The van der Waals surface area contributed by atoms with E-state index in [-0.39, 0.29) is 5.91 Å². The zero-order valence-electron chi connectivity index (χ0n) is 15.7. The minimum Gasteiger partial charge on any atom is -0.322 e. The molecule has 0 aliphatic carbocycles. The van der Waals surface area contributed by atoms with E-state index in [0.29, 0.717) is 21.3 Å². The Morgan fingerprint density at radius 1 is 0.931 bits per heavy atom. The van der Waals surface area contributed by atoms with Crippen molar-refractivity contribution in [3.05, 3.63) is 94.0 Å². The van der Waals surface area contributed by atoms with Crippen LogP contribution in [0.1, 0.15) is 22.8 Å². The van der Waals surface area contributed by atoms with Gasteiger partial charge in [0.1, 0.15) is 0 Å². The van der Waals surface area contributed by atoms with Gasteiger partial charge in [0.05, 0.1) is 26.8 Å². The Bertz CT molecular complexity index is 1200. The molecular weight excluding hydrogens is 403 g/mol. The number of carbonyl (C=O) groups excluding carboxylic acids is 1. The molecule has 5 heteroatoms. The standard InChI is InChI=1S/C24H18Cl2N2O/c1-2-15-7-10-17(11-8-15)27-24(29)19-14-23(16-9-12-20(25)21(26)13-16)28-22-6-4-3-5-18(19)22/h3-14H,2H2,1H3,(H,27,29). The quantitative estimate of drug-likeness (QED) is 0.385. The number of nitrogens with zero attached hydrogens (tertiary/aromatic N) is 1. The number of rotatable bonds is 4. The predicted molar refractivity (Wildman–Crippen MR) is 121 cm³/mol. The second-order valence-electron chi connectivity index (χ2n) is 6.71. The van der Waals surface area contributed by atoms with Crippen LogP contribution < -0.4 is 5.32 Å². The number of anilines is 1. The second-order valence-corrected chi connectivity index (χ2v) is 7.52. The van der Waals surface area contributed by atoms with Crippen LogP contribution in [0.3, 0.4) is 0 Å². The highest BCUT2D eigenvalue weighted by Crippen LogP contribution is 2.30. The summed E-state index contributed by atoms with van der Waals surface area (Å²) < 4.78 is 0. The molecule has 1 amide bonds. The Balaban J connectivity index is 1.77. The number of carbonyl (C=O) groups is 1. The number of halogens is 2. The molecule has 4 rings (SSSR count). The first kappa shape index (κ1) is 19.4. The van der Waals surface area contributed by atoms with Crippen LogP contribution in [-0.4, -0.2) is 10.9 Å². The fraction of sp³-hybridized carbons (Fsp3) is 0.0833. The first-order chi connectivity index (χ1) is 14.0. The molecule has 0 aliphatic heterocycles. The fourth-order valence-electron chi connectivity index (χ4n) is 3.19. The molecule has 0 aliphatic rings. The summed E-state index contributed by atoms with van der Waals surface area (Å²) in [5.74, 6) is -0.186. The summed E-state index contributed by atoms with van der Waals surface area (Å²) in [4.78, 5) is 17.8. The van der Waals surface area contributed by atoms with Crippen LogP contribution in [0, 0.1) is 0 Å². The maximum Gasteiger partial charge on any atom is 0.256 e. The zero-order valence-corrected chi connectivity index (χ0v) is 17.3. The lowest BCUT2D eigenvalue weighted by molar-refractivity contribution is 0.102. The van der Waals surface area contributed by atoms with Gasteiger partial charge in [0.25, 0.3) is 5.91 Å². The predicted octanol–water partition coefficient (Wildman–Crippen LogP) is 7.02. The maximum absolute atomic E-state index is 13.1.